The number of hydrogen-bond acceptors (Lipinski definition) is 4. The topological polar surface area (TPSA) is 78.6 Å². The smallest absolute Gasteiger partial charge is 0.305 e. The van der Waals surface area contributed by atoms with Gasteiger partial charge in [0.25, 0.3) is 0 Å². The Morgan fingerprint density at radius 3 is 2.44 bits per heavy atom. The Bertz CT molecular complexity index is 400. The molecule has 5 heteroatoms. The largest absolute Gasteiger partial charge is 0.494 e. The lowest BCUT2D eigenvalue weighted by Crippen LogP contribution is -2.10. The molecule has 0 unspecified atom stereocenters. The van der Waals surface area contributed by atoms with Crippen LogP contribution in [-0.2, 0) is 9.53 Å². The third-order valence-corrected chi connectivity index (χ3v) is 2.24. The summed E-state index contributed by atoms with van der Waals surface area (Å²) < 4.78 is 10.2. The molecule has 1 aromatic rings. The normalized spacial score (nSPS) is 9.83. The van der Waals surface area contributed by atoms with E-state index in [2.05, 4.69) is 0 Å². The quantitative estimate of drug-likeness (QED) is 0.588. The first kappa shape index (κ1) is 14.0. The van der Waals surface area contributed by atoms with E-state index in [4.69, 9.17) is 15.2 Å². The Hall–Kier alpha value is -2.04. The fourth-order valence-electron chi connectivity index (χ4n) is 1.36. The number of rotatable bonds is 7. The van der Waals surface area contributed by atoms with Gasteiger partial charge in [-0.15, -0.1) is 0 Å². The molecular weight excluding hydrogens is 234 g/mol. The van der Waals surface area contributed by atoms with Crippen molar-refractivity contribution < 1.29 is 19.1 Å². The van der Waals surface area contributed by atoms with Crippen molar-refractivity contribution >= 4 is 11.9 Å². The zero-order valence-corrected chi connectivity index (χ0v) is 10.3. The number of primary amides is 1. The first-order valence-corrected chi connectivity index (χ1v) is 5.81. The van der Waals surface area contributed by atoms with Gasteiger partial charge in [-0.1, -0.05) is 0 Å². The highest BCUT2D eigenvalue weighted by Crippen LogP contribution is 2.12. The molecule has 0 aliphatic heterocycles. The zero-order valence-electron chi connectivity index (χ0n) is 10.3. The molecule has 1 aromatic carbocycles. The van der Waals surface area contributed by atoms with Gasteiger partial charge < -0.3 is 15.2 Å². The van der Waals surface area contributed by atoms with Crippen LogP contribution in [0, 0.1) is 0 Å². The van der Waals surface area contributed by atoms with Gasteiger partial charge in [-0.3, -0.25) is 9.59 Å². The van der Waals surface area contributed by atoms with E-state index in [9.17, 15) is 9.59 Å². The molecule has 0 heterocycles. The van der Waals surface area contributed by atoms with Crippen LogP contribution in [0.1, 0.15) is 30.1 Å². The van der Waals surface area contributed by atoms with Crippen LogP contribution in [0.25, 0.3) is 0 Å². The molecule has 0 saturated carbocycles. The molecule has 1 amide bonds. The van der Waals surface area contributed by atoms with Crippen molar-refractivity contribution in [2.24, 2.45) is 5.73 Å². The molecule has 98 valence electrons. The van der Waals surface area contributed by atoms with Crippen molar-refractivity contribution in [2.45, 2.75) is 19.8 Å². The van der Waals surface area contributed by atoms with Crippen LogP contribution in [0.2, 0.25) is 0 Å². The molecule has 18 heavy (non-hydrogen) atoms. The number of nitrogens with two attached hydrogens (primary N) is 1. The summed E-state index contributed by atoms with van der Waals surface area (Å²) in [5.41, 5.74) is 5.55. The molecule has 0 aliphatic carbocycles. The molecule has 0 radical (unpaired) electrons. The molecular formula is C13H17NO4. The molecule has 0 fully saturated rings. The summed E-state index contributed by atoms with van der Waals surface area (Å²) in [4.78, 5) is 21.9. The summed E-state index contributed by atoms with van der Waals surface area (Å²) in [6.07, 6.45) is 0.934. The monoisotopic (exact) mass is 251 g/mol. The molecule has 2 N–H and O–H groups in total. The lowest BCUT2D eigenvalue weighted by molar-refractivity contribution is -0.143. The van der Waals surface area contributed by atoms with E-state index in [-0.39, 0.29) is 5.97 Å². The van der Waals surface area contributed by atoms with E-state index in [1.807, 2.05) is 0 Å². The highest BCUT2D eigenvalue weighted by atomic mass is 16.5. The van der Waals surface area contributed by atoms with Crippen molar-refractivity contribution in [2.75, 3.05) is 13.2 Å². The minimum Gasteiger partial charge on any atom is -0.494 e. The van der Waals surface area contributed by atoms with Gasteiger partial charge in [0, 0.05) is 12.0 Å². The maximum Gasteiger partial charge on any atom is 0.305 e. The van der Waals surface area contributed by atoms with Gasteiger partial charge in [0.15, 0.2) is 0 Å². The maximum atomic E-state index is 11.0. The van der Waals surface area contributed by atoms with Crippen molar-refractivity contribution in [1.29, 1.82) is 0 Å². The van der Waals surface area contributed by atoms with E-state index in [0.29, 0.717) is 37.4 Å². The van der Waals surface area contributed by atoms with Gasteiger partial charge in [-0.25, -0.2) is 0 Å². The molecule has 5 nitrogen and oxygen atoms in total. The van der Waals surface area contributed by atoms with Gasteiger partial charge in [-0.2, -0.15) is 0 Å². The van der Waals surface area contributed by atoms with E-state index in [0.717, 1.165) is 0 Å². The van der Waals surface area contributed by atoms with Crippen LogP contribution in [0.15, 0.2) is 24.3 Å². The Kier molecular flexibility index (Phi) is 5.70. The lowest BCUT2D eigenvalue weighted by atomic mass is 10.2. The Morgan fingerprint density at radius 2 is 1.89 bits per heavy atom. The third kappa shape index (κ3) is 4.86. The minimum atomic E-state index is -0.469. The van der Waals surface area contributed by atoms with E-state index in [1.54, 1.807) is 31.2 Å². The number of esters is 1. The molecule has 0 spiro atoms. The molecule has 0 aromatic heterocycles. The molecule has 0 atom stereocenters. The second-order valence-electron chi connectivity index (χ2n) is 3.65. The van der Waals surface area contributed by atoms with Crippen molar-refractivity contribution in [3.8, 4) is 5.75 Å². The summed E-state index contributed by atoms with van der Waals surface area (Å²) >= 11 is 0. The molecule has 1 rings (SSSR count). The first-order valence-electron chi connectivity index (χ1n) is 5.81. The predicted octanol–water partition coefficient (Wildman–Crippen LogP) is 1.51. The first-order chi connectivity index (χ1) is 8.63. The second kappa shape index (κ2) is 7.32. The third-order valence-electron chi connectivity index (χ3n) is 2.24. The Morgan fingerprint density at radius 1 is 1.22 bits per heavy atom. The van der Waals surface area contributed by atoms with Crippen molar-refractivity contribution in [3.63, 3.8) is 0 Å². The van der Waals surface area contributed by atoms with Crippen LogP contribution in [0.5, 0.6) is 5.75 Å². The fraction of sp³-hybridized carbons (Fsp3) is 0.385. The summed E-state index contributed by atoms with van der Waals surface area (Å²) in [7, 11) is 0. The number of amides is 1. The summed E-state index contributed by atoms with van der Waals surface area (Å²) in [6, 6.07) is 6.54. The van der Waals surface area contributed by atoms with Gasteiger partial charge in [0.05, 0.1) is 13.2 Å². The predicted molar refractivity (Wildman–Crippen MR) is 66.3 cm³/mol. The Balaban J connectivity index is 2.27. The van der Waals surface area contributed by atoms with Crippen molar-refractivity contribution in [3.05, 3.63) is 29.8 Å². The van der Waals surface area contributed by atoms with Gasteiger partial charge >= 0.3 is 5.97 Å². The average molecular weight is 251 g/mol. The molecule has 0 aliphatic rings. The van der Waals surface area contributed by atoms with Crippen LogP contribution in [-0.4, -0.2) is 25.1 Å². The van der Waals surface area contributed by atoms with Crippen LogP contribution >= 0.6 is 0 Å². The van der Waals surface area contributed by atoms with Crippen molar-refractivity contribution in [1.82, 2.24) is 0 Å². The van der Waals surface area contributed by atoms with Gasteiger partial charge in [-0.05, 0) is 37.6 Å². The number of ether oxygens (including phenoxy) is 2. The second-order valence-corrected chi connectivity index (χ2v) is 3.65. The average Bonchev–Trinajstić information content (AvgIpc) is 2.35. The standard InChI is InChI=1S/C13H17NO4/c1-2-17-12(15)4-3-9-18-11-7-5-10(6-8-11)13(14)16/h5-8H,2-4,9H2,1H3,(H2,14,16). The summed E-state index contributed by atoms with van der Waals surface area (Å²) in [6.45, 7) is 2.59. The van der Waals surface area contributed by atoms with Crippen LogP contribution in [0.3, 0.4) is 0 Å². The number of hydrogen-bond donors (Lipinski definition) is 1. The van der Waals surface area contributed by atoms with Gasteiger partial charge in [0.1, 0.15) is 5.75 Å². The highest BCUT2D eigenvalue weighted by molar-refractivity contribution is 5.92. The molecule has 0 bridgehead atoms. The summed E-state index contributed by atoms with van der Waals surface area (Å²) in [5.74, 6) is -0.0436. The van der Waals surface area contributed by atoms with E-state index >= 15 is 0 Å². The summed E-state index contributed by atoms with van der Waals surface area (Å²) in [5, 5.41) is 0. The maximum absolute atomic E-state index is 11.0. The zero-order chi connectivity index (χ0) is 13.4. The Labute approximate surface area is 106 Å². The SMILES string of the molecule is CCOC(=O)CCCOc1ccc(C(N)=O)cc1. The van der Waals surface area contributed by atoms with Gasteiger partial charge in [0.2, 0.25) is 5.91 Å². The number of carbonyl (C=O) groups is 2. The van der Waals surface area contributed by atoms with E-state index < -0.39 is 5.91 Å². The van der Waals surface area contributed by atoms with Crippen LogP contribution < -0.4 is 10.5 Å². The lowest BCUT2D eigenvalue weighted by Gasteiger charge is -2.06. The molecule has 0 saturated heterocycles. The van der Waals surface area contributed by atoms with Crippen LogP contribution in [0.4, 0.5) is 0 Å². The number of benzene rings is 1. The number of carbonyl (C=O) groups excluding carboxylic acids is 2. The highest BCUT2D eigenvalue weighted by Gasteiger charge is 2.02. The fourth-order valence-corrected chi connectivity index (χ4v) is 1.36. The minimum absolute atomic E-state index is 0.217. The van der Waals surface area contributed by atoms with E-state index in [1.165, 1.54) is 0 Å².